The van der Waals surface area contributed by atoms with Crippen molar-refractivity contribution < 1.29 is 9.18 Å². The molecule has 0 radical (unpaired) electrons. The molecule has 2 unspecified atom stereocenters. The normalized spacial score (nSPS) is 21.8. The molecule has 3 nitrogen and oxygen atoms in total. The molecule has 2 aromatic rings. The summed E-state index contributed by atoms with van der Waals surface area (Å²) >= 11 is 1.74. The minimum absolute atomic E-state index is 0.00288. The van der Waals surface area contributed by atoms with Crippen molar-refractivity contribution in [3.8, 4) is 0 Å². The van der Waals surface area contributed by atoms with Gasteiger partial charge < -0.3 is 10.6 Å². The molecule has 2 atom stereocenters. The van der Waals surface area contributed by atoms with Crippen LogP contribution >= 0.6 is 11.3 Å². The molecule has 1 aliphatic rings. The second kappa shape index (κ2) is 6.58. The molecule has 0 bridgehead atoms. The van der Waals surface area contributed by atoms with Gasteiger partial charge in [-0.25, -0.2) is 4.39 Å². The van der Waals surface area contributed by atoms with E-state index in [1.807, 2.05) is 6.07 Å². The fraction of sp³-hybridized carbons (Fsp3) is 0.353. The lowest BCUT2D eigenvalue weighted by atomic mass is 9.91. The Labute approximate surface area is 133 Å². The molecule has 2 heterocycles. The zero-order chi connectivity index (χ0) is 15.5. The zero-order valence-electron chi connectivity index (χ0n) is 12.2. The van der Waals surface area contributed by atoms with Crippen molar-refractivity contribution in [1.29, 1.82) is 0 Å². The van der Waals surface area contributed by atoms with Gasteiger partial charge in [0.05, 0.1) is 0 Å². The van der Waals surface area contributed by atoms with Crippen molar-refractivity contribution in [2.75, 3.05) is 13.1 Å². The molecule has 1 aromatic heterocycles. The highest BCUT2D eigenvalue weighted by molar-refractivity contribution is 7.09. The van der Waals surface area contributed by atoms with E-state index in [9.17, 15) is 9.18 Å². The third kappa shape index (κ3) is 3.54. The number of benzene rings is 1. The Morgan fingerprint density at radius 2 is 2.05 bits per heavy atom. The molecule has 1 saturated heterocycles. The predicted molar refractivity (Wildman–Crippen MR) is 86.4 cm³/mol. The van der Waals surface area contributed by atoms with E-state index in [0.717, 1.165) is 12.8 Å². The lowest BCUT2D eigenvalue weighted by Crippen LogP contribution is -2.49. The van der Waals surface area contributed by atoms with E-state index in [-0.39, 0.29) is 17.8 Å². The van der Waals surface area contributed by atoms with E-state index in [2.05, 4.69) is 11.4 Å². The summed E-state index contributed by atoms with van der Waals surface area (Å²) in [5, 5.41) is 2.07. The van der Waals surface area contributed by atoms with Gasteiger partial charge in [-0.05, 0) is 54.5 Å². The van der Waals surface area contributed by atoms with Crippen LogP contribution in [0.2, 0.25) is 0 Å². The van der Waals surface area contributed by atoms with Gasteiger partial charge in [-0.15, -0.1) is 11.3 Å². The first kappa shape index (κ1) is 15.2. The number of nitrogens with zero attached hydrogens (tertiary/aromatic N) is 1. The molecular formula is C17H19FN2OS. The van der Waals surface area contributed by atoms with Crippen LogP contribution in [0, 0.1) is 11.7 Å². The summed E-state index contributed by atoms with van der Waals surface area (Å²) in [7, 11) is 0. The van der Waals surface area contributed by atoms with Crippen LogP contribution in [0.15, 0.2) is 41.8 Å². The summed E-state index contributed by atoms with van der Waals surface area (Å²) < 4.78 is 13.0. The van der Waals surface area contributed by atoms with Gasteiger partial charge in [0.1, 0.15) is 5.82 Å². The summed E-state index contributed by atoms with van der Waals surface area (Å²) in [6.07, 6.45) is 1.89. The summed E-state index contributed by atoms with van der Waals surface area (Å²) in [6, 6.07) is 9.88. The molecular weight excluding hydrogens is 299 g/mol. The first-order valence-corrected chi connectivity index (χ1v) is 8.32. The smallest absolute Gasteiger partial charge is 0.253 e. The van der Waals surface area contributed by atoms with Crippen LogP contribution in [0.4, 0.5) is 4.39 Å². The summed E-state index contributed by atoms with van der Waals surface area (Å²) in [6.45, 7) is 1.28. The number of carbonyl (C=O) groups excluding carboxylic acids is 1. The second-order valence-electron chi connectivity index (χ2n) is 5.86. The summed E-state index contributed by atoms with van der Waals surface area (Å²) in [5.74, 6) is -0.0133. The number of thiophene rings is 1. The third-order valence-corrected chi connectivity index (χ3v) is 4.92. The Hall–Kier alpha value is -1.72. The minimum Gasteiger partial charge on any atom is -0.337 e. The lowest BCUT2D eigenvalue weighted by Gasteiger charge is -2.36. The second-order valence-corrected chi connectivity index (χ2v) is 6.89. The number of piperidine rings is 1. The minimum atomic E-state index is -0.331. The fourth-order valence-corrected chi connectivity index (χ4v) is 3.87. The molecule has 0 saturated carbocycles. The average molecular weight is 318 g/mol. The first-order valence-electron chi connectivity index (χ1n) is 7.44. The number of hydrogen-bond acceptors (Lipinski definition) is 3. The van der Waals surface area contributed by atoms with Gasteiger partial charge in [0, 0.05) is 29.6 Å². The predicted octanol–water partition coefficient (Wildman–Crippen LogP) is 2.92. The molecule has 3 rings (SSSR count). The van der Waals surface area contributed by atoms with Gasteiger partial charge in [-0.3, -0.25) is 4.79 Å². The molecule has 0 spiro atoms. The maximum Gasteiger partial charge on any atom is 0.253 e. The number of halogens is 1. The van der Waals surface area contributed by atoms with Crippen LogP contribution in [0.25, 0.3) is 0 Å². The third-order valence-electron chi connectivity index (χ3n) is 4.02. The highest BCUT2D eigenvalue weighted by Crippen LogP contribution is 2.24. The van der Waals surface area contributed by atoms with E-state index < -0.39 is 0 Å². The van der Waals surface area contributed by atoms with E-state index in [1.165, 1.54) is 29.1 Å². The number of nitrogens with two attached hydrogens (primary N) is 1. The van der Waals surface area contributed by atoms with E-state index in [1.54, 1.807) is 16.2 Å². The standard InChI is InChI=1S/C17H19FN2OS/c18-14-5-3-13(4-6-14)17(21)20-10-12(8-15(19)11-20)9-16-2-1-7-22-16/h1-7,12,15H,8-11,19H2. The highest BCUT2D eigenvalue weighted by atomic mass is 32.1. The van der Waals surface area contributed by atoms with Crippen LogP contribution in [0.5, 0.6) is 0 Å². The van der Waals surface area contributed by atoms with Gasteiger partial charge >= 0.3 is 0 Å². The molecule has 1 amide bonds. The monoisotopic (exact) mass is 318 g/mol. The molecule has 116 valence electrons. The Bertz CT molecular complexity index is 627. The maximum atomic E-state index is 13.0. The van der Waals surface area contributed by atoms with Crippen LogP contribution in [-0.4, -0.2) is 29.9 Å². The molecule has 1 aromatic carbocycles. The van der Waals surface area contributed by atoms with Crippen molar-refractivity contribution in [2.45, 2.75) is 18.9 Å². The summed E-state index contributed by atoms with van der Waals surface area (Å²) in [5.41, 5.74) is 6.65. The quantitative estimate of drug-likeness (QED) is 0.946. The number of rotatable bonds is 3. The van der Waals surface area contributed by atoms with Gasteiger partial charge in [0.15, 0.2) is 0 Å². The van der Waals surface area contributed by atoms with Crippen LogP contribution in [0.3, 0.4) is 0 Å². The molecule has 1 aliphatic heterocycles. The van der Waals surface area contributed by atoms with Crippen molar-refractivity contribution in [2.24, 2.45) is 11.7 Å². The Morgan fingerprint density at radius 1 is 1.27 bits per heavy atom. The van der Waals surface area contributed by atoms with E-state index in [4.69, 9.17) is 5.73 Å². The fourth-order valence-electron chi connectivity index (χ4n) is 3.05. The van der Waals surface area contributed by atoms with Crippen LogP contribution < -0.4 is 5.73 Å². The van der Waals surface area contributed by atoms with E-state index >= 15 is 0 Å². The Morgan fingerprint density at radius 3 is 2.73 bits per heavy atom. The van der Waals surface area contributed by atoms with Crippen LogP contribution in [-0.2, 0) is 6.42 Å². The van der Waals surface area contributed by atoms with Gasteiger partial charge in [0.2, 0.25) is 0 Å². The topological polar surface area (TPSA) is 46.3 Å². The molecule has 22 heavy (non-hydrogen) atoms. The summed E-state index contributed by atoms with van der Waals surface area (Å²) in [4.78, 5) is 15.7. The Kier molecular flexibility index (Phi) is 4.55. The maximum absolute atomic E-state index is 13.0. The number of likely N-dealkylation sites (tertiary alicyclic amines) is 1. The van der Waals surface area contributed by atoms with Gasteiger partial charge in [-0.2, -0.15) is 0 Å². The lowest BCUT2D eigenvalue weighted by molar-refractivity contribution is 0.0650. The van der Waals surface area contributed by atoms with Crippen molar-refractivity contribution in [1.82, 2.24) is 4.90 Å². The molecule has 2 N–H and O–H groups in total. The van der Waals surface area contributed by atoms with Crippen molar-refractivity contribution in [3.05, 3.63) is 58.0 Å². The molecule has 5 heteroatoms. The number of amides is 1. The molecule has 0 aliphatic carbocycles. The van der Waals surface area contributed by atoms with Gasteiger partial charge in [0.25, 0.3) is 5.91 Å². The highest BCUT2D eigenvalue weighted by Gasteiger charge is 2.29. The van der Waals surface area contributed by atoms with Gasteiger partial charge in [-0.1, -0.05) is 6.07 Å². The van der Waals surface area contributed by atoms with Crippen molar-refractivity contribution >= 4 is 17.2 Å². The number of carbonyl (C=O) groups is 1. The Balaban J connectivity index is 1.70. The zero-order valence-corrected chi connectivity index (χ0v) is 13.1. The average Bonchev–Trinajstić information content (AvgIpc) is 2.99. The number of hydrogen-bond donors (Lipinski definition) is 1. The molecule has 1 fully saturated rings. The SMILES string of the molecule is NC1CC(Cc2cccs2)CN(C(=O)c2ccc(F)cc2)C1. The largest absolute Gasteiger partial charge is 0.337 e. The first-order chi connectivity index (χ1) is 10.6. The van der Waals surface area contributed by atoms with E-state index in [0.29, 0.717) is 24.6 Å². The van der Waals surface area contributed by atoms with Crippen LogP contribution in [0.1, 0.15) is 21.7 Å². The van der Waals surface area contributed by atoms with Crippen molar-refractivity contribution in [3.63, 3.8) is 0 Å².